The van der Waals surface area contributed by atoms with Crippen molar-refractivity contribution in [3.05, 3.63) is 104 Å². The molecule has 0 aliphatic carbocycles. The lowest BCUT2D eigenvalue weighted by atomic mass is 10.1. The molecule has 0 saturated carbocycles. The van der Waals surface area contributed by atoms with Crippen LogP contribution in [-0.2, 0) is 17.9 Å². The number of nitro groups is 1. The molecule has 0 unspecified atom stereocenters. The molecule has 184 valence electrons. The number of hydrogen-bond acceptors (Lipinski definition) is 7. The summed E-state index contributed by atoms with van der Waals surface area (Å²) in [6, 6.07) is 19.1. The molecule has 3 aromatic rings. The number of aryl methyl sites for hydroxylation is 1. The highest BCUT2D eigenvalue weighted by molar-refractivity contribution is 8.18. The summed E-state index contributed by atoms with van der Waals surface area (Å²) in [7, 11) is 0. The Morgan fingerprint density at radius 3 is 2.31 bits per heavy atom. The molecule has 0 N–H and O–H groups in total. The van der Waals surface area contributed by atoms with Crippen LogP contribution in [0.5, 0.6) is 11.5 Å². The fourth-order valence-electron chi connectivity index (χ4n) is 3.54. The number of ether oxygens (including phenoxy) is 2. The Morgan fingerprint density at radius 1 is 0.944 bits per heavy atom. The van der Waals surface area contributed by atoms with E-state index in [0.29, 0.717) is 28.6 Å². The van der Waals surface area contributed by atoms with Gasteiger partial charge in [0.05, 0.1) is 23.0 Å². The smallest absolute Gasteiger partial charge is 0.293 e. The Kier molecular flexibility index (Phi) is 7.70. The zero-order chi connectivity index (χ0) is 25.7. The lowest BCUT2D eigenvalue weighted by Gasteiger charge is -2.13. The molecule has 1 heterocycles. The SMILES string of the molecule is CCOc1cc(/C=C2\SC(=O)N(Cc3ccc(C)cc3)C2=O)ccc1OCc1ccc([N+](=O)[O-])cc1. The highest BCUT2D eigenvalue weighted by Crippen LogP contribution is 2.35. The zero-order valence-electron chi connectivity index (χ0n) is 19.8. The van der Waals surface area contributed by atoms with Crippen molar-refractivity contribution in [2.24, 2.45) is 0 Å². The highest BCUT2D eigenvalue weighted by Gasteiger charge is 2.35. The summed E-state index contributed by atoms with van der Waals surface area (Å²) in [5.41, 5.74) is 3.48. The van der Waals surface area contributed by atoms with Gasteiger partial charge in [-0.1, -0.05) is 35.9 Å². The molecule has 1 aliphatic rings. The minimum absolute atomic E-state index is 0.0152. The minimum Gasteiger partial charge on any atom is -0.490 e. The van der Waals surface area contributed by atoms with Crippen molar-refractivity contribution in [1.29, 1.82) is 0 Å². The van der Waals surface area contributed by atoms with E-state index in [2.05, 4.69) is 0 Å². The molecule has 36 heavy (non-hydrogen) atoms. The summed E-state index contributed by atoms with van der Waals surface area (Å²) < 4.78 is 11.6. The maximum atomic E-state index is 12.9. The topological polar surface area (TPSA) is 99.0 Å². The van der Waals surface area contributed by atoms with Crippen molar-refractivity contribution in [3.63, 3.8) is 0 Å². The Bertz CT molecular complexity index is 1320. The van der Waals surface area contributed by atoms with Crippen LogP contribution in [0.15, 0.2) is 71.6 Å². The number of imide groups is 1. The highest BCUT2D eigenvalue weighted by atomic mass is 32.2. The van der Waals surface area contributed by atoms with E-state index in [9.17, 15) is 19.7 Å². The van der Waals surface area contributed by atoms with Crippen LogP contribution in [0.25, 0.3) is 6.08 Å². The first-order valence-corrected chi connectivity index (χ1v) is 12.1. The van der Waals surface area contributed by atoms with Gasteiger partial charge in [0.2, 0.25) is 0 Å². The third-order valence-electron chi connectivity index (χ3n) is 5.44. The van der Waals surface area contributed by atoms with Crippen molar-refractivity contribution in [2.75, 3.05) is 6.61 Å². The van der Waals surface area contributed by atoms with Crippen LogP contribution >= 0.6 is 11.8 Å². The van der Waals surface area contributed by atoms with E-state index in [-0.39, 0.29) is 30.0 Å². The van der Waals surface area contributed by atoms with E-state index in [1.165, 1.54) is 17.0 Å². The molecule has 8 nitrogen and oxygen atoms in total. The molecule has 0 aromatic heterocycles. The van der Waals surface area contributed by atoms with Gasteiger partial charge in [0.25, 0.3) is 16.8 Å². The minimum atomic E-state index is -0.451. The fraction of sp³-hybridized carbons (Fsp3) is 0.185. The Balaban J connectivity index is 1.48. The lowest BCUT2D eigenvalue weighted by molar-refractivity contribution is -0.384. The predicted octanol–water partition coefficient (Wildman–Crippen LogP) is 6.12. The molecule has 1 saturated heterocycles. The number of rotatable bonds is 9. The number of carbonyl (C=O) groups is 2. The normalized spacial score (nSPS) is 14.4. The summed E-state index contributed by atoms with van der Waals surface area (Å²) in [5.74, 6) is 0.661. The largest absolute Gasteiger partial charge is 0.490 e. The molecular formula is C27H24N2O6S. The van der Waals surface area contributed by atoms with Gasteiger partial charge in [-0.05, 0) is 72.6 Å². The monoisotopic (exact) mass is 504 g/mol. The van der Waals surface area contributed by atoms with E-state index in [1.54, 1.807) is 36.4 Å². The van der Waals surface area contributed by atoms with Gasteiger partial charge in [0.1, 0.15) is 6.61 Å². The standard InChI is InChI=1S/C27H24N2O6S/c1-3-34-24-14-21(10-13-23(24)35-17-20-8-11-22(12-9-20)29(32)33)15-25-26(30)28(27(31)36-25)16-19-6-4-18(2)5-7-19/h4-15H,3,16-17H2,1-2H3/b25-15-. The first-order valence-electron chi connectivity index (χ1n) is 11.3. The Hall–Kier alpha value is -4.11. The Labute approximate surface area is 212 Å². The van der Waals surface area contributed by atoms with E-state index in [4.69, 9.17) is 9.47 Å². The van der Waals surface area contributed by atoms with Crippen molar-refractivity contribution in [2.45, 2.75) is 27.0 Å². The van der Waals surface area contributed by atoms with Crippen LogP contribution < -0.4 is 9.47 Å². The maximum absolute atomic E-state index is 12.9. The summed E-state index contributed by atoms with van der Waals surface area (Å²) in [4.78, 5) is 37.4. The maximum Gasteiger partial charge on any atom is 0.293 e. The molecule has 0 bridgehead atoms. The Morgan fingerprint density at radius 2 is 1.64 bits per heavy atom. The van der Waals surface area contributed by atoms with Crippen LogP contribution in [0.2, 0.25) is 0 Å². The van der Waals surface area contributed by atoms with Crippen LogP contribution in [0.3, 0.4) is 0 Å². The third kappa shape index (κ3) is 5.92. The van der Waals surface area contributed by atoms with Crippen molar-refractivity contribution >= 4 is 34.7 Å². The number of amides is 2. The average molecular weight is 505 g/mol. The van der Waals surface area contributed by atoms with Crippen molar-refractivity contribution in [3.8, 4) is 11.5 Å². The zero-order valence-corrected chi connectivity index (χ0v) is 20.6. The summed E-state index contributed by atoms with van der Waals surface area (Å²) >= 11 is 0.912. The second-order valence-electron chi connectivity index (χ2n) is 8.10. The molecule has 9 heteroatoms. The molecule has 4 rings (SSSR count). The van der Waals surface area contributed by atoms with Crippen LogP contribution in [-0.4, -0.2) is 27.6 Å². The van der Waals surface area contributed by atoms with E-state index >= 15 is 0 Å². The number of carbonyl (C=O) groups excluding carboxylic acids is 2. The number of nitro benzene ring substituents is 1. The predicted molar refractivity (Wildman–Crippen MR) is 138 cm³/mol. The van der Waals surface area contributed by atoms with Crippen LogP contribution in [0.4, 0.5) is 10.5 Å². The number of thioether (sulfide) groups is 1. The van der Waals surface area contributed by atoms with Gasteiger partial charge in [0, 0.05) is 12.1 Å². The first-order chi connectivity index (χ1) is 17.3. The van der Waals surface area contributed by atoms with Gasteiger partial charge < -0.3 is 9.47 Å². The molecule has 0 spiro atoms. The van der Waals surface area contributed by atoms with Crippen molar-refractivity contribution in [1.82, 2.24) is 4.90 Å². The molecular weight excluding hydrogens is 480 g/mol. The summed E-state index contributed by atoms with van der Waals surface area (Å²) in [6.45, 7) is 4.67. The molecule has 2 amide bonds. The molecule has 0 radical (unpaired) electrons. The van der Waals surface area contributed by atoms with Gasteiger partial charge in [-0.15, -0.1) is 0 Å². The summed E-state index contributed by atoms with van der Waals surface area (Å²) in [6.07, 6.45) is 1.67. The quantitative estimate of drug-likeness (QED) is 0.197. The summed E-state index contributed by atoms with van der Waals surface area (Å²) in [5, 5.41) is 10.5. The van der Waals surface area contributed by atoms with Crippen LogP contribution in [0.1, 0.15) is 29.2 Å². The van der Waals surface area contributed by atoms with E-state index in [0.717, 1.165) is 28.5 Å². The average Bonchev–Trinajstić information content (AvgIpc) is 3.12. The molecule has 3 aromatic carbocycles. The second-order valence-corrected chi connectivity index (χ2v) is 9.10. The number of benzene rings is 3. The second kappa shape index (κ2) is 11.1. The third-order valence-corrected chi connectivity index (χ3v) is 6.35. The van der Waals surface area contributed by atoms with Gasteiger partial charge in [-0.25, -0.2) is 0 Å². The van der Waals surface area contributed by atoms with Gasteiger partial charge in [-0.2, -0.15) is 0 Å². The first kappa shape index (κ1) is 25.0. The lowest BCUT2D eigenvalue weighted by Crippen LogP contribution is -2.27. The number of hydrogen-bond donors (Lipinski definition) is 0. The van der Waals surface area contributed by atoms with Gasteiger partial charge in [0.15, 0.2) is 11.5 Å². The van der Waals surface area contributed by atoms with E-state index in [1.807, 2.05) is 38.1 Å². The van der Waals surface area contributed by atoms with E-state index < -0.39 is 4.92 Å². The van der Waals surface area contributed by atoms with Gasteiger partial charge >= 0.3 is 0 Å². The molecule has 1 fully saturated rings. The molecule has 0 atom stereocenters. The van der Waals surface area contributed by atoms with Crippen molar-refractivity contribution < 1.29 is 24.0 Å². The fourth-order valence-corrected chi connectivity index (χ4v) is 4.38. The molecule has 1 aliphatic heterocycles. The van der Waals surface area contributed by atoms with Gasteiger partial charge in [-0.3, -0.25) is 24.6 Å². The number of non-ortho nitro benzene ring substituents is 1. The van der Waals surface area contributed by atoms with Crippen LogP contribution in [0, 0.1) is 17.0 Å². The number of nitrogens with zero attached hydrogens (tertiary/aromatic N) is 2.